The molecule has 1 fully saturated rings. The van der Waals surface area contributed by atoms with Gasteiger partial charge in [-0.25, -0.2) is 0 Å². The molecular formula is C13H23NO2. The van der Waals surface area contributed by atoms with Crippen molar-refractivity contribution in [3.63, 3.8) is 0 Å². The highest BCUT2D eigenvalue weighted by Crippen LogP contribution is 2.23. The van der Waals surface area contributed by atoms with E-state index in [0.29, 0.717) is 6.10 Å². The quantitative estimate of drug-likeness (QED) is 0.732. The number of aliphatic hydroxyl groups excluding tert-OH is 1. The number of ether oxygens (including phenoxy) is 1. The molecule has 0 aromatic heterocycles. The van der Waals surface area contributed by atoms with E-state index in [1.54, 1.807) is 0 Å². The predicted octanol–water partition coefficient (Wildman–Crippen LogP) is 2.64. The van der Waals surface area contributed by atoms with Crippen LogP contribution in [0.1, 0.15) is 52.4 Å². The Hall–Kier alpha value is -0.590. The largest absolute Gasteiger partial charge is 0.393 e. The molecule has 1 N–H and O–H groups in total. The van der Waals surface area contributed by atoms with Crippen molar-refractivity contribution in [2.75, 3.05) is 6.61 Å². The van der Waals surface area contributed by atoms with Crippen LogP contribution in [0, 0.1) is 16.7 Å². The summed E-state index contributed by atoms with van der Waals surface area (Å²) in [5.41, 5.74) is -0.230. The smallest absolute Gasteiger partial charge is 0.0683 e. The number of hydrogen-bond acceptors (Lipinski definition) is 3. The molecule has 3 nitrogen and oxygen atoms in total. The summed E-state index contributed by atoms with van der Waals surface area (Å²) in [5.74, 6) is 0. The summed E-state index contributed by atoms with van der Waals surface area (Å²) in [6.45, 7) is 4.67. The molecule has 0 atom stereocenters. The van der Waals surface area contributed by atoms with Gasteiger partial charge in [-0.15, -0.1) is 0 Å². The first-order chi connectivity index (χ1) is 7.53. The van der Waals surface area contributed by atoms with Crippen LogP contribution >= 0.6 is 0 Å². The van der Waals surface area contributed by atoms with Crippen LogP contribution in [0.25, 0.3) is 0 Å². The van der Waals surface area contributed by atoms with E-state index >= 15 is 0 Å². The Morgan fingerprint density at radius 2 is 1.94 bits per heavy atom. The van der Waals surface area contributed by atoms with E-state index in [-0.39, 0.29) is 11.5 Å². The van der Waals surface area contributed by atoms with Crippen molar-refractivity contribution >= 4 is 0 Å². The monoisotopic (exact) mass is 225 g/mol. The minimum absolute atomic E-state index is 0.114. The molecule has 1 aliphatic carbocycles. The molecule has 0 radical (unpaired) electrons. The molecule has 0 unspecified atom stereocenters. The fourth-order valence-corrected chi connectivity index (χ4v) is 2.03. The molecular weight excluding hydrogens is 202 g/mol. The normalized spacial score (nSPS) is 26.4. The van der Waals surface area contributed by atoms with Crippen molar-refractivity contribution in [3.05, 3.63) is 0 Å². The topological polar surface area (TPSA) is 53.2 Å². The number of nitrogens with zero attached hydrogens (tertiary/aromatic N) is 1. The summed E-state index contributed by atoms with van der Waals surface area (Å²) < 4.78 is 5.75. The van der Waals surface area contributed by atoms with Crippen LogP contribution in [0.3, 0.4) is 0 Å². The van der Waals surface area contributed by atoms with Crippen LogP contribution in [0.15, 0.2) is 0 Å². The van der Waals surface area contributed by atoms with Crippen molar-refractivity contribution in [1.29, 1.82) is 5.26 Å². The van der Waals surface area contributed by atoms with Crippen LogP contribution in [0.4, 0.5) is 0 Å². The second kappa shape index (κ2) is 6.22. The van der Waals surface area contributed by atoms with Gasteiger partial charge in [-0.1, -0.05) is 0 Å². The number of nitriles is 1. The number of hydrogen-bond donors (Lipinski definition) is 1. The summed E-state index contributed by atoms with van der Waals surface area (Å²) >= 11 is 0. The second-order valence-corrected chi connectivity index (χ2v) is 5.40. The Morgan fingerprint density at radius 3 is 2.50 bits per heavy atom. The van der Waals surface area contributed by atoms with Gasteiger partial charge >= 0.3 is 0 Å². The summed E-state index contributed by atoms with van der Waals surface area (Å²) in [6, 6.07) is 2.30. The first-order valence-corrected chi connectivity index (χ1v) is 6.24. The van der Waals surface area contributed by atoms with Crippen LogP contribution in [-0.2, 0) is 4.74 Å². The zero-order chi connectivity index (χ0) is 12.0. The van der Waals surface area contributed by atoms with Crippen LogP contribution < -0.4 is 0 Å². The van der Waals surface area contributed by atoms with Crippen molar-refractivity contribution < 1.29 is 9.84 Å². The molecule has 0 heterocycles. The average Bonchev–Trinajstić information content (AvgIpc) is 2.27. The minimum atomic E-state index is -0.230. The van der Waals surface area contributed by atoms with Crippen LogP contribution in [0.5, 0.6) is 0 Å². The molecule has 0 aromatic carbocycles. The van der Waals surface area contributed by atoms with Gasteiger partial charge in [0.2, 0.25) is 0 Å². The third-order valence-corrected chi connectivity index (χ3v) is 3.25. The van der Waals surface area contributed by atoms with Crippen LogP contribution in [0.2, 0.25) is 0 Å². The Balaban J connectivity index is 2.06. The van der Waals surface area contributed by atoms with Crippen molar-refractivity contribution in [2.45, 2.75) is 64.6 Å². The summed E-state index contributed by atoms with van der Waals surface area (Å²) in [7, 11) is 0. The van der Waals surface area contributed by atoms with Gasteiger partial charge in [0, 0.05) is 6.61 Å². The highest BCUT2D eigenvalue weighted by Gasteiger charge is 2.20. The minimum Gasteiger partial charge on any atom is -0.393 e. The number of aliphatic hydroxyl groups is 1. The van der Waals surface area contributed by atoms with Gasteiger partial charge in [0.25, 0.3) is 0 Å². The van der Waals surface area contributed by atoms with Crippen molar-refractivity contribution in [3.8, 4) is 6.07 Å². The Bertz CT molecular complexity index is 237. The van der Waals surface area contributed by atoms with Gasteiger partial charge in [0.1, 0.15) is 0 Å². The summed E-state index contributed by atoms with van der Waals surface area (Å²) in [6.07, 6.45) is 5.73. The number of rotatable bonds is 5. The first kappa shape index (κ1) is 13.5. The molecule has 0 aliphatic heterocycles. The molecule has 3 heteroatoms. The molecule has 92 valence electrons. The van der Waals surface area contributed by atoms with E-state index in [2.05, 4.69) is 6.07 Å². The fourth-order valence-electron chi connectivity index (χ4n) is 2.03. The maximum absolute atomic E-state index is 9.35. The highest BCUT2D eigenvalue weighted by atomic mass is 16.5. The van der Waals surface area contributed by atoms with E-state index in [4.69, 9.17) is 10.00 Å². The molecule has 16 heavy (non-hydrogen) atoms. The lowest BCUT2D eigenvalue weighted by atomic mass is 9.90. The molecule has 0 spiro atoms. The van der Waals surface area contributed by atoms with E-state index < -0.39 is 0 Å². The van der Waals surface area contributed by atoms with Gasteiger partial charge in [0.05, 0.1) is 23.7 Å². The third-order valence-electron chi connectivity index (χ3n) is 3.25. The molecule has 1 aliphatic rings. The Kier molecular flexibility index (Phi) is 5.24. The van der Waals surface area contributed by atoms with Crippen molar-refractivity contribution in [1.82, 2.24) is 0 Å². The molecule has 0 saturated heterocycles. The first-order valence-electron chi connectivity index (χ1n) is 6.24. The summed E-state index contributed by atoms with van der Waals surface area (Å²) in [5, 5.41) is 18.2. The lowest BCUT2D eigenvalue weighted by Gasteiger charge is -2.25. The van der Waals surface area contributed by atoms with Gasteiger partial charge in [-0.3, -0.25) is 0 Å². The van der Waals surface area contributed by atoms with Gasteiger partial charge in [0.15, 0.2) is 0 Å². The van der Waals surface area contributed by atoms with Gasteiger partial charge < -0.3 is 9.84 Å². The maximum Gasteiger partial charge on any atom is 0.0683 e. The zero-order valence-corrected chi connectivity index (χ0v) is 10.4. The maximum atomic E-state index is 9.35. The van der Waals surface area contributed by atoms with E-state index in [0.717, 1.165) is 45.1 Å². The molecule has 1 rings (SSSR count). The Morgan fingerprint density at radius 1 is 1.31 bits per heavy atom. The van der Waals surface area contributed by atoms with Crippen molar-refractivity contribution in [2.24, 2.45) is 5.41 Å². The third kappa shape index (κ3) is 4.96. The molecule has 0 bridgehead atoms. The average molecular weight is 225 g/mol. The molecule has 0 aromatic rings. The second-order valence-electron chi connectivity index (χ2n) is 5.40. The SMILES string of the molecule is CC(C)(C#N)CCCOC1CCC(O)CC1. The zero-order valence-electron chi connectivity index (χ0n) is 10.4. The fraction of sp³-hybridized carbons (Fsp3) is 0.923. The van der Waals surface area contributed by atoms with E-state index in [1.165, 1.54) is 0 Å². The standard InChI is InChI=1S/C13H23NO2/c1-13(2,10-14)8-3-9-16-12-6-4-11(15)5-7-12/h11-12,15H,3-9H2,1-2H3. The van der Waals surface area contributed by atoms with Gasteiger partial charge in [-0.05, 0) is 52.4 Å². The molecule has 0 amide bonds. The lowest BCUT2D eigenvalue weighted by molar-refractivity contribution is -0.00571. The highest BCUT2D eigenvalue weighted by molar-refractivity contribution is 4.91. The lowest BCUT2D eigenvalue weighted by Crippen LogP contribution is -2.24. The summed E-state index contributed by atoms with van der Waals surface area (Å²) in [4.78, 5) is 0. The van der Waals surface area contributed by atoms with Gasteiger partial charge in [-0.2, -0.15) is 5.26 Å². The van der Waals surface area contributed by atoms with E-state index in [9.17, 15) is 5.11 Å². The predicted molar refractivity (Wildman–Crippen MR) is 62.8 cm³/mol. The van der Waals surface area contributed by atoms with E-state index in [1.807, 2.05) is 13.8 Å². The Labute approximate surface area is 98.4 Å². The van der Waals surface area contributed by atoms with Crippen LogP contribution in [-0.4, -0.2) is 23.9 Å². The molecule has 1 saturated carbocycles.